The monoisotopic (exact) mass is 278 g/mol. The van der Waals surface area contributed by atoms with Crippen molar-refractivity contribution in [2.24, 2.45) is 5.92 Å². The number of hydrogen-bond donors (Lipinski definition) is 1. The second kappa shape index (κ2) is 6.00. The molecule has 1 heterocycles. The fourth-order valence-electron chi connectivity index (χ4n) is 2.43. The Hall–Kier alpha value is -1.95. The van der Waals surface area contributed by atoms with Crippen LogP contribution in [0.5, 0.6) is 0 Å². The van der Waals surface area contributed by atoms with Gasteiger partial charge < -0.3 is 10.0 Å². The van der Waals surface area contributed by atoms with Gasteiger partial charge in [-0.05, 0) is 18.9 Å². The summed E-state index contributed by atoms with van der Waals surface area (Å²) in [4.78, 5) is 24.0. The molecule has 2 atom stereocenters. The van der Waals surface area contributed by atoms with E-state index in [0.717, 1.165) is 12.0 Å². The Morgan fingerprint density at radius 1 is 1.50 bits per heavy atom. The predicted octanol–water partition coefficient (Wildman–Crippen LogP) is 1.37. The van der Waals surface area contributed by atoms with Crippen LogP contribution < -0.4 is 0 Å². The highest BCUT2D eigenvalue weighted by molar-refractivity contribution is 5.79. The first-order valence-electron chi connectivity index (χ1n) is 6.66. The standard InChI is InChI=1S/C14H18N2O4/c1-10(17)12-6-7-15(9-12)14(18)8-11-2-4-13(5-3-11)16(19)20/h2-5,10,12,17H,6-9H2,1H3. The van der Waals surface area contributed by atoms with Crippen molar-refractivity contribution in [1.29, 1.82) is 0 Å². The number of nitrogens with zero attached hydrogens (tertiary/aromatic N) is 2. The van der Waals surface area contributed by atoms with Gasteiger partial charge in [0.1, 0.15) is 0 Å². The number of aliphatic hydroxyl groups is 1. The van der Waals surface area contributed by atoms with Crippen molar-refractivity contribution < 1.29 is 14.8 Å². The van der Waals surface area contributed by atoms with Crippen molar-refractivity contribution in [3.63, 3.8) is 0 Å². The quantitative estimate of drug-likeness (QED) is 0.666. The number of nitro benzene ring substituents is 1. The lowest BCUT2D eigenvalue weighted by molar-refractivity contribution is -0.384. The van der Waals surface area contributed by atoms with E-state index in [1.54, 1.807) is 24.0 Å². The maximum Gasteiger partial charge on any atom is 0.269 e. The maximum absolute atomic E-state index is 12.1. The summed E-state index contributed by atoms with van der Waals surface area (Å²) in [5.74, 6) is 0.151. The lowest BCUT2D eigenvalue weighted by atomic mass is 10.0. The van der Waals surface area contributed by atoms with Gasteiger partial charge in [-0.2, -0.15) is 0 Å². The number of rotatable bonds is 4. The molecular formula is C14H18N2O4. The normalized spacial score (nSPS) is 19.9. The van der Waals surface area contributed by atoms with E-state index in [1.165, 1.54) is 12.1 Å². The van der Waals surface area contributed by atoms with Crippen molar-refractivity contribution in [2.45, 2.75) is 25.9 Å². The van der Waals surface area contributed by atoms with Crippen LogP contribution in [0.25, 0.3) is 0 Å². The molecule has 0 spiro atoms. The zero-order valence-corrected chi connectivity index (χ0v) is 11.4. The first-order chi connectivity index (χ1) is 9.47. The van der Waals surface area contributed by atoms with Gasteiger partial charge in [-0.25, -0.2) is 0 Å². The van der Waals surface area contributed by atoms with Crippen LogP contribution >= 0.6 is 0 Å². The fourth-order valence-corrected chi connectivity index (χ4v) is 2.43. The lowest BCUT2D eigenvalue weighted by Gasteiger charge is -2.17. The van der Waals surface area contributed by atoms with E-state index in [1.807, 2.05) is 0 Å². The number of hydrogen-bond acceptors (Lipinski definition) is 4. The third-order valence-electron chi connectivity index (χ3n) is 3.76. The Labute approximate surface area is 117 Å². The second-order valence-electron chi connectivity index (χ2n) is 5.23. The fraction of sp³-hybridized carbons (Fsp3) is 0.500. The van der Waals surface area contributed by atoms with Gasteiger partial charge in [0.05, 0.1) is 17.4 Å². The number of aliphatic hydroxyl groups excluding tert-OH is 1. The van der Waals surface area contributed by atoms with Gasteiger partial charge in [-0.3, -0.25) is 14.9 Å². The van der Waals surface area contributed by atoms with Crippen molar-refractivity contribution in [3.8, 4) is 0 Å². The number of nitro groups is 1. The highest BCUT2D eigenvalue weighted by Crippen LogP contribution is 2.21. The molecule has 1 aliphatic heterocycles. The average molecular weight is 278 g/mol. The summed E-state index contributed by atoms with van der Waals surface area (Å²) in [6.45, 7) is 3.00. The van der Waals surface area contributed by atoms with Gasteiger partial charge in [0.15, 0.2) is 0 Å². The summed E-state index contributed by atoms with van der Waals surface area (Å²) < 4.78 is 0. The van der Waals surface area contributed by atoms with Crippen molar-refractivity contribution in [1.82, 2.24) is 4.90 Å². The zero-order valence-electron chi connectivity index (χ0n) is 11.4. The van der Waals surface area contributed by atoms with Crippen molar-refractivity contribution in [2.75, 3.05) is 13.1 Å². The highest BCUT2D eigenvalue weighted by Gasteiger charge is 2.28. The maximum atomic E-state index is 12.1. The predicted molar refractivity (Wildman–Crippen MR) is 73.2 cm³/mol. The van der Waals surface area contributed by atoms with Gasteiger partial charge in [-0.1, -0.05) is 12.1 Å². The number of carbonyl (C=O) groups excluding carboxylic acids is 1. The number of amides is 1. The molecule has 1 aromatic rings. The van der Waals surface area contributed by atoms with Gasteiger partial charge in [-0.15, -0.1) is 0 Å². The molecule has 1 saturated heterocycles. The molecule has 0 saturated carbocycles. The van der Waals surface area contributed by atoms with E-state index in [4.69, 9.17) is 0 Å². The number of likely N-dealkylation sites (tertiary alicyclic amines) is 1. The van der Waals surface area contributed by atoms with Crippen LogP contribution in [0, 0.1) is 16.0 Å². The summed E-state index contributed by atoms with van der Waals surface area (Å²) >= 11 is 0. The topological polar surface area (TPSA) is 83.7 Å². The molecule has 1 aliphatic rings. The van der Waals surface area contributed by atoms with Gasteiger partial charge in [0.25, 0.3) is 5.69 Å². The number of benzene rings is 1. The Morgan fingerprint density at radius 2 is 2.15 bits per heavy atom. The third kappa shape index (κ3) is 3.33. The summed E-state index contributed by atoms with van der Waals surface area (Å²) in [6.07, 6.45) is 0.668. The molecule has 2 rings (SSSR count). The minimum absolute atomic E-state index is 0.00185. The molecule has 6 nitrogen and oxygen atoms in total. The van der Waals surface area contributed by atoms with E-state index in [9.17, 15) is 20.0 Å². The average Bonchev–Trinajstić information content (AvgIpc) is 2.89. The molecule has 1 aromatic carbocycles. The molecule has 0 aromatic heterocycles. The van der Waals surface area contributed by atoms with Crippen LogP contribution in [0.4, 0.5) is 5.69 Å². The summed E-state index contributed by atoms with van der Waals surface area (Å²) in [7, 11) is 0. The number of non-ortho nitro benzene ring substituents is 1. The smallest absolute Gasteiger partial charge is 0.269 e. The molecule has 1 fully saturated rings. The molecule has 1 N–H and O–H groups in total. The Bertz CT molecular complexity index is 498. The van der Waals surface area contributed by atoms with Gasteiger partial charge in [0.2, 0.25) is 5.91 Å². The molecule has 0 radical (unpaired) electrons. The Balaban J connectivity index is 1.93. The largest absolute Gasteiger partial charge is 0.393 e. The van der Waals surface area contributed by atoms with E-state index in [2.05, 4.69) is 0 Å². The SMILES string of the molecule is CC(O)C1CCN(C(=O)Cc2ccc([N+](=O)[O-])cc2)C1. The van der Waals surface area contributed by atoms with Gasteiger partial charge >= 0.3 is 0 Å². The molecule has 0 bridgehead atoms. The number of carbonyl (C=O) groups is 1. The molecule has 1 amide bonds. The van der Waals surface area contributed by atoms with Crippen LogP contribution in [0.1, 0.15) is 18.9 Å². The molecular weight excluding hydrogens is 260 g/mol. The molecule has 0 aliphatic carbocycles. The van der Waals surface area contributed by atoms with E-state index < -0.39 is 11.0 Å². The second-order valence-corrected chi connectivity index (χ2v) is 5.23. The highest BCUT2D eigenvalue weighted by atomic mass is 16.6. The van der Waals surface area contributed by atoms with Crippen LogP contribution in [0.15, 0.2) is 24.3 Å². The van der Waals surface area contributed by atoms with E-state index >= 15 is 0 Å². The Morgan fingerprint density at radius 3 is 2.65 bits per heavy atom. The first-order valence-corrected chi connectivity index (χ1v) is 6.66. The molecule has 20 heavy (non-hydrogen) atoms. The van der Waals surface area contributed by atoms with Crippen molar-refractivity contribution in [3.05, 3.63) is 39.9 Å². The van der Waals surface area contributed by atoms with E-state index in [-0.39, 0.29) is 23.9 Å². The summed E-state index contributed by atoms with van der Waals surface area (Å²) in [5, 5.41) is 20.1. The molecule has 108 valence electrons. The minimum Gasteiger partial charge on any atom is -0.393 e. The Kier molecular flexibility index (Phi) is 4.34. The van der Waals surface area contributed by atoms with Crippen LogP contribution in [0.3, 0.4) is 0 Å². The summed E-state index contributed by atoms with van der Waals surface area (Å²) in [5.41, 5.74) is 0.789. The van der Waals surface area contributed by atoms with Crippen LogP contribution in [0.2, 0.25) is 0 Å². The molecule has 2 unspecified atom stereocenters. The minimum atomic E-state index is -0.459. The van der Waals surface area contributed by atoms with E-state index in [0.29, 0.717) is 13.1 Å². The first kappa shape index (κ1) is 14.5. The van der Waals surface area contributed by atoms with Crippen molar-refractivity contribution >= 4 is 11.6 Å². The van der Waals surface area contributed by atoms with Crippen LogP contribution in [-0.4, -0.2) is 40.0 Å². The van der Waals surface area contributed by atoms with Crippen LogP contribution in [-0.2, 0) is 11.2 Å². The summed E-state index contributed by atoms with van der Waals surface area (Å²) in [6, 6.07) is 6.03. The van der Waals surface area contributed by atoms with Gasteiger partial charge in [0, 0.05) is 31.1 Å². The third-order valence-corrected chi connectivity index (χ3v) is 3.76. The molecule has 6 heteroatoms. The lowest BCUT2D eigenvalue weighted by Crippen LogP contribution is -2.31. The zero-order chi connectivity index (χ0) is 14.7.